The fraction of sp³-hybridized carbons (Fsp3) is 0.0476. The maximum absolute atomic E-state index is 12.1. The number of halogens is 1. The van der Waals surface area contributed by atoms with Crippen LogP contribution in [-0.2, 0) is 6.61 Å². The van der Waals surface area contributed by atoms with Gasteiger partial charge in [0.25, 0.3) is 11.8 Å². The zero-order valence-corrected chi connectivity index (χ0v) is 15.8. The summed E-state index contributed by atoms with van der Waals surface area (Å²) in [6.07, 6.45) is 1.57. The van der Waals surface area contributed by atoms with Crippen molar-refractivity contribution in [2.24, 2.45) is 0 Å². The molecule has 0 atom stereocenters. The zero-order chi connectivity index (χ0) is 20.1. The van der Waals surface area contributed by atoms with Crippen molar-refractivity contribution in [3.05, 3.63) is 89.5 Å². The molecule has 144 valence electrons. The molecule has 7 nitrogen and oxygen atoms in total. The van der Waals surface area contributed by atoms with E-state index in [4.69, 9.17) is 20.8 Å². The molecule has 0 spiro atoms. The Balaban J connectivity index is 1.34. The van der Waals surface area contributed by atoms with Gasteiger partial charge in [-0.3, -0.25) is 9.78 Å². The fourth-order valence-electron chi connectivity index (χ4n) is 2.49. The summed E-state index contributed by atoms with van der Waals surface area (Å²) in [5.74, 6) is 1.07. The Morgan fingerprint density at radius 3 is 2.52 bits per heavy atom. The number of anilines is 1. The van der Waals surface area contributed by atoms with Crippen LogP contribution >= 0.6 is 11.6 Å². The van der Waals surface area contributed by atoms with Crippen molar-refractivity contribution in [3.63, 3.8) is 0 Å². The van der Waals surface area contributed by atoms with Gasteiger partial charge < -0.3 is 14.5 Å². The molecule has 2 heterocycles. The molecule has 8 heteroatoms. The van der Waals surface area contributed by atoms with E-state index in [1.54, 1.807) is 72.9 Å². The van der Waals surface area contributed by atoms with Gasteiger partial charge in [-0.05, 0) is 60.7 Å². The number of ether oxygens (including phenoxy) is 1. The smallest absolute Gasteiger partial charge is 0.274 e. The van der Waals surface area contributed by atoms with E-state index < -0.39 is 0 Å². The molecule has 2 aromatic heterocycles. The molecular formula is C21H15ClN4O3. The van der Waals surface area contributed by atoms with Gasteiger partial charge in [0.1, 0.15) is 11.4 Å². The largest absolute Gasteiger partial charge is 0.484 e. The van der Waals surface area contributed by atoms with Gasteiger partial charge in [-0.1, -0.05) is 17.7 Å². The summed E-state index contributed by atoms with van der Waals surface area (Å²) in [4.78, 5) is 16.1. The van der Waals surface area contributed by atoms with Crippen LogP contribution in [0.5, 0.6) is 5.75 Å². The number of pyridine rings is 1. The molecule has 29 heavy (non-hydrogen) atoms. The quantitative estimate of drug-likeness (QED) is 0.502. The Morgan fingerprint density at radius 2 is 1.79 bits per heavy atom. The Hall–Kier alpha value is -3.71. The third-order valence-corrected chi connectivity index (χ3v) is 4.18. The number of hydrogen-bond donors (Lipinski definition) is 1. The molecule has 0 aliphatic heterocycles. The molecule has 4 rings (SSSR count). The molecule has 0 radical (unpaired) electrons. The first-order chi connectivity index (χ1) is 14.2. The lowest BCUT2D eigenvalue weighted by molar-refractivity contribution is 0.102. The van der Waals surface area contributed by atoms with E-state index in [2.05, 4.69) is 20.5 Å². The molecular weight excluding hydrogens is 392 g/mol. The van der Waals surface area contributed by atoms with Gasteiger partial charge in [-0.15, -0.1) is 10.2 Å². The highest BCUT2D eigenvalue weighted by molar-refractivity contribution is 6.30. The number of nitrogens with zero attached hydrogens (tertiary/aromatic N) is 3. The summed E-state index contributed by atoms with van der Waals surface area (Å²) in [5.41, 5.74) is 1.76. The SMILES string of the molecule is O=C(Nc1ccc(OCc2nnc(-c3ccc(Cl)cc3)o2)cc1)c1ccccn1. The predicted octanol–water partition coefficient (Wildman–Crippen LogP) is 4.62. The average molecular weight is 407 g/mol. The zero-order valence-electron chi connectivity index (χ0n) is 15.1. The van der Waals surface area contributed by atoms with E-state index in [1.807, 2.05) is 0 Å². The minimum absolute atomic E-state index is 0.125. The van der Waals surface area contributed by atoms with Crippen LogP contribution in [0.25, 0.3) is 11.5 Å². The summed E-state index contributed by atoms with van der Waals surface area (Å²) >= 11 is 5.88. The van der Waals surface area contributed by atoms with E-state index in [-0.39, 0.29) is 12.5 Å². The Morgan fingerprint density at radius 1 is 1.00 bits per heavy atom. The van der Waals surface area contributed by atoms with Gasteiger partial charge >= 0.3 is 0 Å². The second kappa shape index (κ2) is 8.53. The number of carbonyl (C=O) groups excluding carboxylic acids is 1. The van der Waals surface area contributed by atoms with Gasteiger partial charge in [0.2, 0.25) is 5.89 Å². The lowest BCUT2D eigenvalue weighted by atomic mass is 10.2. The Kier molecular flexibility index (Phi) is 5.49. The number of hydrogen-bond acceptors (Lipinski definition) is 6. The first kappa shape index (κ1) is 18.6. The molecule has 4 aromatic rings. The van der Waals surface area contributed by atoms with Crippen molar-refractivity contribution in [2.75, 3.05) is 5.32 Å². The summed E-state index contributed by atoms with van der Waals surface area (Å²) in [6, 6.07) is 19.2. The van der Waals surface area contributed by atoms with Crippen LogP contribution in [0.2, 0.25) is 5.02 Å². The summed E-state index contributed by atoms with van der Waals surface area (Å²) < 4.78 is 11.3. The maximum Gasteiger partial charge on any atom is 0.274 e. The molecule has 0 aliphatic carbocycles. The van der Waals surface area contributed by atoms with Gasteiger partial charge in [-0.25, -0.2) is 0 Å². The van der Waals surface area contributed by atoms with Crippen molar-refractivity contribution in [1.29, 1.82) is 0 Å². The van der Waals surface area contributed by atoms with E-state index in [1.165, 1.54) is 0 Å². The van der Waals surface area contributed by atoms with Gasteiger partial charge in [0.15, 0.2) is 6.61 Å². The van der Waals surface area contributed by atoms with Crippen LogP contribution in [0.4, 0.5) is 5.69 Å². The van der Waals surface area contributed by atoms with Crippen molar-refractivity contribution in [3.8, 4) is 17.2 Å². The average Bonchev–Trinajstić information content (AvgIpc) is 3.23. The molecule has 0 aliphatic rings. The minimum atomic E-state index is -0.278. The number of benzene rings is 2. The summed E-state index contributed by atoms with van der Waals surface area (Å²) in [5, 5.41) is 11.4. The van der Waals surface area contributed by atoms with E-state index in [0.717, 1.165) is 5.56 Å². The minimum Gasteiger partial charge on any atom is -0.484 e. The monoisotopic (exact) mass is 406 g/mol. The van der Waals surface area contributed by atoms with Crippen molar-refractivity contribution >= 4 is 23.2 Å². The van der Waals surface area contributed by atoms with Crippen LogP contribution in [0, 0.1) is 0 Å². The summed E-state index contributed by atoms with van der Waals surface area (Å²) in [7, 11) is 0. The highest BCUT2D eigenvalue weighted by Gasteiger charge is 2.10. The van der Waals surface area contributed by atoms with Crippen molar-refractivity contribution in [1.82, 2.24) is 15.2 Å². The lowest BCUT2D eigenvalue weighted by Crippen LogP contribution is -2.13. The number of amides is 1. The number of aromatic nitrogens is 3. The Bertz CT molecular complexity index is 1100. The molecule has 2 aromatic carbocycles. The number of nitrogens with one attached hydrogen (secondary N) is 1. The maximum atomic E-state index is 12.1. The van der Waals surface area contributed by atoms with E-state index in [0.29, 0.717) is 33.9 Å². The molecule has 1 N–H and O–H groups in total. The van der Waals surface area contributed by atoms with Crippen molar-refractivity contribution < 1.29 is 13.9 Å². The molecule has 0 fully saturated rings. The molecule has 1 amide bonds. The third-order valence-electron chi connectivity index (χ3n) is 3.93. The highest BCUT2D eigenvalue weighted by Crippen LogP contribution is 2.21. The second-order valence-corrected chi connectivity index (χ2v) is 6.43. The van der Waals surface area contributed by atoms with Crippen LogP contribution in [-0.4, -0.2) is 21.1 Å². The molecule has 0 saturated heterocycles. The van der Waals surface area contributed by atoms with Gasteiger partial charge in [0.05, 0.1) is 0 Å². The van der Waals surface area contributed by atoms with Gasteiger partial charge in [0, 0.05) is 22.5 Å². The van der Waals surface area contributed by atoms with Crippen molar-refractivity contribution in [2.45, 2.75) is 6.61 Å². The van der Waals surface area contributed by atoms with Crippen LogP contribution in [0.15, 0.2) is 77.3 Å². The van der Waals surface area contributed by atoms with Crippen LogP contribution < -0.4 is 10.1 Å². The fourth-order valence-corrected chi connectivity index (χ4v) is 2.62. The number of carbonyl (C=O) groups is 1. The number of rotatable bonds is 6. The molecule has 0 unspecified atom stereocenters. The first-order valence-corrected chi connectivity index (χ1v) is 9.09. The molecule has 0 bridgehead atoms. The first-order valence-electron chi connectivity index (χ1n) is 8.71. The Labute approximate surface area is 171 Å². The standard InChI is InChI=1S/C21H15ClN4O3/c22-15-6-4-14(5-7-15)21-26-25-19(29-21)13-28-17-10-8-16(9-11-17)24-20(27)18-3-1-2-12-23-18/h1-12H,13H2,(H,24,27). The second-order valence-electron chi connectivity index (χ2n) is 5.99. The van der Waals surface area contributed by atoms with Crippen LogP contribution in [0.3, 0.4) is 0 Å². The summed E-state index contributed by atoms with van der Waals surface area (Å²) in [6.45, 7) is 0.125. The van der Waals surface area contributed by atoms with E-state index in [9.17, 15) is 4.79 Å². The van der Waals surface area contributed by atoms with E-state index >= 15 is 0 Å². The third kappa shape index (κ3) is 4.77. The van der Waals surface area contributed by atoms with Crippen LogP contribution in [0.1, 0.15) is 16.4 Å². The lowest BCUT2D eigenvalue weighted by Gasteiger charge is -2.07. The normalized spacial score (nSPS) is 10.5. The highest BCUT2D eigenvalue weighted by atomic mass is 35.5. The topological polar surface area (TPSA) is 90.1 Å². The van der Waals surface area contributed by atoms with Gasteiger partial charge in [-0.2, -0.15) is 0 Å². The molecule has 0 saturated carbocycles. The predicted molar refractivity (Wildman–Crippen MR) is 108 cm³/mol.